The summed E-state index contributed by atoms with van der Waals surface area (Å²) in [6.45, 7) is 15.3. The fraction of sp³-hybridized carbons (Fsp3) is 0.709. The van der Waals surface area contributed by atoms with Crippen LogP contribution >= 0.6 is 0 Å². The van der Waals surface area contributed by atoms with E-state index in [4.69, 9.17) is 14.2 Å². The lowest BCUT2D eigenvalue weighted by molar-refractivity contribution is -0.126. The lowest BCUT2D eigenvalue weighted by Gasteiger charge is -2.28. The fourth-order valence-electron chi connectivity index (χ4n) is 7.55. The zero-order valence-corrected chi connectivity index (χ0v) is 42.7. The molecule has 2 aromatic carbocycles. The maximum atomic E-state index is 15.2. The second-order valence-corrected chi connectivity index (χ2v) is 19.1. The zero-order chi connectivity index (χ0) is 48.3. The fourth-order valence-corrected chi connectivity index (χ4v) is 7.55. The van der Waals surface area contributed by atoms with E-state index in [-0.39, 0.29) is 29.3 Å². The number of hydrogen-bond acceptors (Lipinski definition) is 7. The second kappa shape index (κ2) is 35.9. The molecule has 0 aliphatic carbocycles. The molecule has 0 aliphatic heterocycles. The molecule has 4 amide bonds. The molecule has 0 spiro atoms. The number of unbranched alkanes of at least 4 members (excludes halogenated alkanes) is 23. The van der Waals surface area contributed by atoms with E-state index >= 15 is 4.79 Å². The molecule has 66 heavy (non-hydrogen) atoms. The normalized spacial score (nSPS) is 11.3. The summed E-state index contributed by atoms with van der Waals surface area (Å²) in [4.78, 5) is 56.6. The number of carbonyl (C=O) groups is 4. The average Bonchev–Trinajstić information content (AvgIpc) is 3.30. The number of rotatable bonds is 37. The van der Waals surface area contributed by atoms with E-state index in [9.17, 15) is 14.4 Å². The van der Waals surface area contributed by atoms with Crippen molar-refractivity contribution in [1.82, 2.24) is 16.0 Å². The molecule has 0 aromatic heterocycles. The Morgan fingerprint density at radius 2 is 0.939 bits per heavy atom. The van der Waals surface area contributed by atoms with Crippen molar-refractivity contribution < 1.29 is 33.4 Å². The molecule has 0 heterocycles. The molecule has 0 fully saturated rings. The van der Waals surface area contributed by atoms with Gasteiger partial charge in [0.15, 0.2) is 11.5 Å². The Bertz CT molecular complexity index is 1630. The molecule has 0 saturated heterocycles. The zero-order valence-electron chi connectivity index (χ0n) is 42.7. The topological polar surface area (TPSA) is 135 Å². The van der Waals surface area contributed by atoms with Crippen LogP contribution in [-0.4, -0.2) is 48.6 Å². The van der Waals surface area contributed by atoms with Gasteiger partial charge in [0.1, 0.15) is 5.69 Å². The molecule has 2 rings (SSSR count). The van der Waals surface area contributed by atoms with Gasteiger partial charge in [-0.15, -0.1) is 0 Å². The quantitative estimate of drug-likeness (QED) is 0.0454. The van der Waals surface area contributed by atoms with E-state index in [0.717, 1.165) is 108 Å². The van der Waals surface area contributed by atoms with Crippen LogP contribution < -0.4 is 30.4 Å². The number of hydrazine groups is 2. The highest BCUT2D eigenvalue weighted by atomic mass is 16.5. The van der Waals surface area contributed by atoms with Gasteiger partial charge in [-0.25, -0.2) is 10.9 Å². The molecular formula is C55H92N4O7. The first-order valence-corrected chi connectivity index (χ1v) is 26.4. The summed E-state index contributed by atoms with van der Waals surface area (Å²) < 4.78 is 19.8. The second-order valence-electron chi connectivity index (χ2n) is 19.1. The number of nitrogens with one attached hydrogen (secondary N) is 3. The van der Waals surface area contributed by atoms with Crippen LogP contribution in [0.1, 0.15) is 249 Å². The lowest BCUT2D eigenvalue weighted by atomic mass is 9.95. The van der Waals surface area contributed by atoms with Gasteiger partial charge in [0.25, 0.3) is 11.8 Å². The molecule has 11 heteroatoms. The van der Waals surface area contributed by atoms with Gasteiger partial charge >= 0.3 is 0 Å². The molecule has 0 radical (unpaired) electrons. The number of carbonyl (C=O) groups excluding carboxylic acids is 4. The van der Waals surface area contributed by atoms with Crippen LogP contribution in [-0.2, 0) is 9.59 Å². The van der Waals surface area contributed by atoms with Gasteiger partial charge in [0.05, 0.1) is 25.4 Å². The molecular weight excluding hydrogens is 829 g/mol. The van der Waals surface area contributed by atoms with Crippen LogP contribution in [0.4, 0.5) is 5.69 Å². The summed E-state index contributed by atoms with van der Waals surface area (Å²) in [6, 6.07) is 10.1. The van der Waals surface area contributed by atoms with E-state index < -0.39 is 23.1 Å². The third kappa shape index (κ3) is 24.5. The highest BCUT2D eigenvalue weighted by Crippen LogP contribution is 2.47. The number of ether oxygens (including phenoxy) is 3. The Labute approximate surface area is 401 Å². The number of anilines is 1. The van der Waals surface area contributed by atoms with Crippen LogP contribution in [0.2, 0.25) is 0 Å². The molecule has 2 aromatic rings. The van der Waals surface area contributed by atoms with E-state index in [2.05, 4.69) is 43.9 Å². The highest BCUT2D eigenvalue weighted by molar-refractivity contribution is 6.08. The average molecular weight is 921 g/mol. The van der Waals surface area contributed by atoms with Crippen LogP contribution in [0, 0.1) is 5.41 Å². The molecule has 0 unspecified atom stereocenters. The minimum Gasteiger partial charge on any atom is -0.490 e. The van der Waals surface area contributed by atoms with Gasteiger partial charge in [-0.3, -0.25) is 19.2 Å². The van der Waals surface area contributed by atoms with Crippen LogP contribution in [0.15, 0.2) is 36.4 Å². The number of hydrogen-bond donors (Lipinski definition) is 3. The van der Waals surface area contributed by atoms with Crippen LogP contribution in [0.5, 0.6) is 17.2 Å². The highest BCUT2D eigenvalue weighted by Gasteiger charge is 2.33. The van der Waals surface area contributed by atoms with Gasteiger partial charge in [0.2, 0.25) is 17.6 Å². The first kappa shape index (κ1) is 57.8. The Hall–Kier alpha value is -4.28. The first-order valence-electron chi connectivity index (χ1n) is 26.4. The van der Waals surface area contributed by atoms with Crippen molar-refractivity contribution in [3.8, 4) is 17.2 Å². The summed E-state index contributed by atoms with van der Waals surface area (Å²) in [5.41, 5.74) is 4.90. The van der Waals surface area contributed by atoms with Gasteiger partial charge in [-0.2, -0.15) is 5.12 Å². The summed E-state index contributed by atoms with van der Waals surface area (Å²) >= 11 is 0. The van der Waals surface area contributed by atoms with E-state index in [1.165, 1.54) is 64.2 Å². The van der Waals surface area contributed by atoms with Gasteiger partial charge < -0.3 is 19.5 Å². The molecule has 11 nitrogen and oxygen atoms in total. The molecule has 0 atom stereocenters. The van der Waals surface area contributed by atoms with Crippen molar-refractivity contribution in [2.75, 3.05) is 25.1 Å². The summed E-state index contributed by atoms with van der Waals surface area (Å²) in [7, 11) is 0. The smallest absolute Gasteiger partial charge is 0.294 e. The minimum atomic E-state index is -0.853. The van der Waals surface area contributed by atoms with E-state index in [1.54, 1.807) is 57.2 Å². The Morgan fingerprint density at radius 3 is 1.41 bits per heavy atom. The minimum absolute atomic E-state index is 0.0212. The third-order valence-corrected chi connectivity index (χ3v) is 11.8. The number of nitrogens with zero attached hydrogens (tertiary/aromatic N) is 1. The van der Waals surface area contributed by atoms with Crippen molar-refractivity contribution in [1.29, 1.82) is 0 Å². The molecule has 0 saturated carbocycles. The number of benzene rings is 2. The summed E-state index contributed by atoms with van der Waals surface area (Å²) in [6.07, 6.45) is 29.1. The number of amides is 4. The molecule has 3 N–H and O–H groups in total. The molecule has 0 bridgehead atoms. The molecule has 0 aliphatic rings. The predicted octanol–water partition coefficient (Wildman–Crippen LogP) is 14.6. The van der Waals surface area contributed by atoms with Crippen molar-refractivity contribution in [2.45, 2.75) is 228 Å². The first-order chi connectivity index (χ1) is 32.0. The Morgan fingerprint density at radius 1 is 0.515 bits per heavy atom. The Kier molecular flexibility index (Phi) is 31.4. The Balaban J connectivity index is 2.68. The van der Waals surface area contributed by atoms with Crippen molar-refractivity contribution in [2.24, 2.45) is 5.41 Å². The van der Waals surface area contributed by atoms with Crippen molar-refractivity contribution in [3.63, 3.8) is 0 Å². The largest absolute Gasteiger partial charge is 0.490 e. The predicted molar refractivity (Wildman–Crippen MR) is 271 cm³/mol. The standard InChI is InChI=1S/C55H92N4O7/c1-8-12-16-20-24-25-26-27-34-40-48(60)57-59(58-52(61)45-38-32-31-33-39-45)53(62)46-44-47(64-41-35-28-21-17-13-9-2)50(65-42-36-29-22-18-14-10-3)51(49(46)56-54(63)55(5,6)7)66-43-37-30-23-19-15-11-4/h31-33,38-39,44H,8-30,34-37,40-43H2,1-7H3,(H,56,63)(H,57,60)(H,58,61). The lowest BCUT2D eigenvalue weighted by Crippen LogP contribution is -2.56. The van der Waals surface area contributed by atoms with Crippen molar-refractivity contribution in [3.05, 3.63) is 47.5 Å². The third-order valence-electron chi connectivity index (χ3n) is 11.8. The van der Waals surface area contributed by atoms with Crippen LogP contribution in [0.3, 0.4) is 0 Å². The molecule has 374 valence electrons. The van der Waals surface area contributed by atoms with Crippen LogP contribution in [0.25, 0.3) is 0 Å². The van der Waals surface area contributed by atoms with Gasteiger partial charge in [0, 0.05) is 17.4 Å². The van der Waals surface area contributed by atoms with E-state index in [0.29, 0.717) is 43.3 Å². The van der Waals surface area contributed by atoms with Gasteiger partial charge in [-0.1, -0.05) is 214 Å². The van der Waals surface area contributed by atoms with Gasteiger partial charge in [-0.05, 0) is 43.9 Å². The summed E-state index contributed by atoms with van der Waals surface area (Å²) in [5, 5.41) is 3.89. The van der Waals surface area contributed by atoms with Crippen molar-refractivity contribution >= 4 is 29.3 Å². The van der Waals surface area contributed by atoms with E-state index in [1.807, 2.05) is 0 Å². The maximum Gasteiger partial charge on any atom is 0.294 e. The monoisotopic (exact) mass is 921 g/mol. The SMILES string of the molecule is CCCCCCCCCCCC(=O)NN(NC(=O)c1ccccc1)C(=O)c1cc(OCCCCCCCC)c(OCCCCCCCC)c(OCCCCCCCC)c1NC(=O)C(C)(C)C. The summed E-state index contributed by atoms with van der Waals surface area (Å²) in [5.74, 6) is -1.30. The maximum absolute atomic E-state index is 15.2.